The number of fused-ring (bicyclic) bond motifs is 1. The maximum atomic E-state index is 12.1. The minimum atomic E-state index is -0.527. The van der Waals surface area contributed by atoms with Gasteiger partial charge in [-0.2, -0.15) is 0 Å². The van der Waals surface area contributed by atoms with E-state index in [2.05, 4.69) is 0 Å². The monoisotopic (exact) mass is 263 g/mol. The summed E-state index contributed by atoms with van der Waals surface area (Å²) in [6, 6.07) is 5.55. The van der Waals surface area contributed by atoms with Crippen molar-refractivity contribution in [3.05, 3.63) is 29.1 Å². The van der Waals surface area contributed by atoms with Gasteiger partial charge in [0.2, 0.25) is 0 Å². The molecule has 2 aromatic rings. The van der Waals surface area contributed by atoms with Gasteiger partial charge in [-0.15, -0.1) is 11.3 Å². The molecule has 0 aliphatic carbocycles. The number of benzene rings is 1. The van der Waals surface area contributed by atoms with Crippen LogP contribution in [0.25, 0.3) is 10.1 Å². The Bertz CT molecular complexity index is 616. The van der Waals surface area contributed by atoms with Gasteiger partial charge in [-0.1, -0.05) is 6.07 Å². The minimum absolute atomic E-state index is 0.408. The van der Waals surface area contributed by atoms with Crippen LogP contribution in [-0.2, 0) is 4.79 Å². The largest absolute Gasteiger partial charge is 0.496 e. The third kappa shape index (κ3) is 1.97. The molecular weight excluding hydrogens is 250 g/mol. The van der Waals surface area contributed by atoms with Gasteiger partial charge in [0, 0.05) is 29.6 Å². The van der Waals surface area contributed by atoms with E-state index in [-0.39, 0.29) is 0 Å². The van der Waals surface area contributed by atoms with Crippen LogP contribution < -0.4 is 4.74 Å². The van der Waals surface area contributed by atoms with Crippen LogP contribution in [0, 0.1) is 0 Å². The Morgan fingerprint density at radius 3 is 2.61 bits per heavy atom. The van der Waals surface area contributed by atoms with Crippen LogP contribution in [0.4, 0.5) is 0 Å². The number of ether oxygens (including phenoxy) is 1. The van der Waals surface area contributed by atoms with Gasteiger partial charge < -0.3 is 9.64 Å². The van der Waals surface area contributed by atoms with Crippen molar-refractivity contribution in [1.29, 1.82) is 0 Å². The zero-order chi connectivity index (χ0) is 13.3. The van der Waals surface area contributed by atoms with Gasteiger partial charge in [-0.05, 0) is 12.1 Å². The predicted molar refractivity (Wildman–Crippen MR) is 71.4 cm³/mol. The summed E-state index contributed by atoms with van der Waals surface area (Å²) in [6.45, 7) is 0. The van der Waals surface area contributed by atoms with Crippen molar-refractivity contribution in [2.75, 3.05) is 21.2 Å². The topological polar surface area (TPSA) is 46.6 Å². The molecule has 4 nitrogen and oxygen atoms in total. The number of nitrogens with zero attached hydrogens (tertiary/aromatic N) is 1. The summed E-state index contributed by atoms with van der Waals surface area (Å²) in [5.41, 5.74) is 0.408. The van der Waals surface area contributed by atoms with Crippen LogP contribution in [0.2, 0.25) is 0 Å². The van der Waals surface area contributed by atoms with Crippen LogP contribution in [0.15, 0.2) is 23.6 Å². The second kappa shape index (κ2) is 4.78. The van der Waals surface area contributed by atoms with Crippen molar-refractivity contribution in [3.8, 4) is 5.75 Å². The minimum Gasteiger partial charge on any atom is -0.496 e. The lowest BCUT2D eigenvalue weighted by Crippen LogP contribution is -2.29. The molecule has 0 radical (unpaired) electrons. The molecule has 94 valence electrons. The Hall–Kier alpha value is -1.88. The molecule has 0 bridgehead atoms. The Morgan fingerprint density at radius 1 is 1.28 bits per heavy atom. The van der Waals surface area contributed by atoms with Gasteiger partial charge in [0.1, 0.15) is 5.75 Å². The van der Waals surface area contributed by atoms with Gasteiger partial charge in [0.15, 0.2) is 0 Å². The van der Waals surface area contributed by atoms with Crippen LogP contribution in [0.3, 0.4) is 0 Å². The molecular formula is C13H13NO3S. The van der Waals surface area contributed by atoms with Crippen molar-refractivity contribution < 1.29 is 14.3 Å². The first-order valence-corrected chi connectivity index (χ1v) is 6.24. The molecule has 0 spiro atoms. The van der Waals surface area contributed by atoms with Gasteiger partial charge in [-0.3, -0.25) is 9.59 Å². The van der Waals surface area contributed by atoms with Gasteiger partial charge in [0.05, 0.1) is 12.7 Å². The lowest BCUT2D eigenvalue weighted by Gasteiger charge is -2.09. The van der Waals surface area contributed by atoms with E-state index in [9.17, 15) is 9.59 Å². The van der Waals surface area contributed by atoms with Crippen LogP contribution in [0.1, 0.15) is 10.4 Å². The Kier molecular flexibility index (Phi) is 3.34. The fourth-order valence-corrected chi connectivity index (χ4v) is 2.67. The molecule has 0 unspecified atom stereocenters. The third-order valence-electron chi connectivity index (χ3n) is 2.63. The Morgan fingerprint density at radius 2 is 2.00 bits per heavy atom. The average Bonchev–Trinajstić information content (AvgIpc) is 2.80. The predicted octanol–water partition coefficient (Wildman–Crippen LogP) is 2.18. The van der Waals surface area contributed by atoms with E-state index in [0.717, 1.165) is 4.70 Å². The zero-order valence-corrected chi connectivity index (χ0v) is 11.2. The van der Waals surface area contributed by atoms with E-state index >= 15 is 0 Å². The number of thiophene rings is 1. The number of carbonyl (C=O) groups excluding carboxylic acids is 2. The molecule has 0 aliphatic heterocycles. The van der Waals surface area contributed by atoms with E-state index in [1.807, 2.05) is 12.1 Å². The summed E-state index contributed by atoms with van der Waals surface area (Å²) >= 11 is 1.43. The molecule has 0 atom stereocenters. The lowest BCUT2D eigenvalue weighted by molar-refractivity contribution is -0.124. The van der Waals surface area contributed by atoms with E-state index in [0.29, 0.717) is 16.7 Å². The quantitative estimate of drug-likeness (QED) is 0.630. The maximum absolute atomic E-state index is 12.1. The number of amides is 1. The van der Waals surface area contributed by atoms with Gasteiger partial charge in [-0.25, -0.2) is 0 Å². The highest BCUT2D eigenvalue weighted by Gasteiger charge is 2.23. The molecule has 0 N–H and O–H groups in total. The number of hydrogen-bond acceptors (Lipinski definition) is 4. The molecule has 1 aromatic heterocycles. The van der Waals surface area contributed by atoms with Crippen molar-refractivity contribution in [2.24, 2.45) is 0 Å². The van der Waals surface area contributed by atoms with Crippen molar-refractivity contribution in [1.82, 2.24) is 4.90 Å². The summed E-state index contributed by atoms with van der Waals surface area (Å²) in [5.74, 6) is -0.417. The van der Waals surface area contributed by atoms with Crippen LogP contribution in [-0.4, -0.2) is 37.8 Å². The molecule has 0 saturated carbocycles. The van der Waals surface area contributed by atoms with Crippen molar-refractivity contribution in [3.63, 3.8) is 0 Å². The smallest absolute Gasteiger partial charge is 0.294 e. The second-order valence-corrected chi connectivity index (χ2v) is 4.92. The number of carbonyl (C=O) groups is 2. The summed E-state index contributed by atoms with van der Waals surface area (Å²) in [6.07, 6.45) is 0. The van der Waals surface area contributed by atoms with Crippen LogP contribution in [0.5, 0.6) is 5.75 Å². The first-order chi connectivity index (χ1) is 8.56. The fraction of sp³-hybridized carbons (Fsp3) is 0.231. The molecule has 18 heavy (non-hydrogen) atoms. The van der Waals surface area contributed by atoms with Gasteiger partial charge in [0.25, 0.3) is 11.7 Å². The average molecular weight is 263 g/mol. The summed E-state index contributed by atoms with van der Waals surface area (Å²) < 4.78 is 6.18. The molecule has 0 fully saturated rings. The van der Waals surface area contributed by atoms with Crippen molar-refractivity contribution >= 4 is 33.1 Å². The molecule has 0 aliphatic rings. The number of Topliss-reactive ketones (excluding diaryl/α,β-unsaturated/α-hetero) is 1. The number of hydrogen-bond donors (Lipinski definition) is 0. The maximum Gasteiger partial charge on any atom is 0.294 e. The van der Waals surface area contributed by atoms with Crippen LogP contribution >= 0.6 is 11.3 Å². The number of rotatable bonds is 3. The van der Waals surface area contributed by atoms with Crippen molar-refractivity contribution in [2.45, 2.75) is 0 Å². The SMILES string of the molecule is COc1cccc2scc(C(=O)C(=O)N(C)C)c12. The zero-order valence-electron chi connectivity index (χ0n) is 10.4. The Balaban J connectivity index is 2.59. The molecule has 1 aromatic carbocycles. The summed E-state index contributed by atoms with van der Waals surface area (Å²) in [4.78, 5) is 25.1. The molecule has 0 saturated heterocycles. The molecule has 1 amide bonds. The molecule has 1 heterocycles. The Labute approximate surface area is 109 Å². The fourth-order valence-electron chi connectivity index (χ4n) is 1.71. The van der Waals surface area contributed by atoms with E-state index in [4.69, 9.17) is 4.74 Å². The molecule has 5 heteroatoms. The van der Waals surface area contributed by atoms with E-state index < -0.39 is 11.7 Å². The van der Waals surface area contributed by atoms with Gasteiger partial charge >= 0.3 is 0 Å². The lowest BCUT2D eigenvalue weighted by atomic mass is 10.1. The number of methoxy groups -OCH3 is 1. The highest BCUT2D eigenvalue weighted by atomic mass is 32.1. The van der Waals surface area contributed by atoms with E-state index in [1.165, 1.54) is 16.2 Å². The second-order valence-electron chi connectivity index (χ2n) is 4.01. The summed E-state index contributed by atoms with van der Waals surface area (Å²) in [5, 5.41) is 2.42. The molecule has 2 rings (SSSR count). The summed E-state index contributed by atoms with van der Waals surface area (Å²) in [7, 11) is 4.67. The number of ketones is 1. The number of likely N-dealkylation sites (N-methyl/N-ethyl adjacent to an activating group) is 1. The highest BCUT2D eigenvalue weighted by molar-refractivity contribution is 7.17. The highest BCUT2D eigenvalue weighted by Crippen LogP contribution is 2.34. The normalized spacial score (nSPS) is 10.4. The third-order valence-corrected chi connectivity index (χ3v) is 3.57. The first-order valence-electron chi connectivity index (χ1n) is 5.36. The van der Waals surface area contributed by atoms with E-state index in [1.54, 1.807) is 32.7 Å². The first kappa shape index (κ1) is 12.6. The standard InChI is InChI=1S/C13H13NO3S/c1-14(2)13(16)12(15)8-7-18-10-6-4-5-9(17-3)11(8)10/h4-7H,1-3H3.